The predicted octanol–water partition coefficient (Wildman–Crippen LogP) is 5.48. The fourth-order valence-corrected chi connectivity index (χ4v) is 3.44. The molecule has 116 valence electrons. The topological polar surface area (TPSA) is 6.48 Å². The van der Waals surface area contributed by atoms with Crippen LogP contribution in [-0.2, 0) is 0 Å². The number of hydrogen-bond acceptors (Lipinski definition) is 2. The van der Waals surface area contributed by atoms with Crippen molar-refractivity contribution in [3.63, 3.8) is 0 Å². The molecular weight excluding hydrogens is 244 g/mol. The lowest BCUT2D eigenvalue weighted by Crippen LogP contribution is -2.42. The van der Waals surface area contributed by atoms with Gasteiger partial charge in [-0.3, -0.25) is 0 Å². The van der Waals surface area contributed by atoms with E-state index in [4.69, 9.17) is 0 Å². The van der Waals surface area contributed by atoms with Gasteiger partial charge in [-0.05, 0) is 53.4 Å². The molecule has 0 aliphatic carbocycles. The van der Waals surface area contributed by atoms with Gasteiger partial charge in [0.1, 0.15) is 0 Å². The van der Waals surface area contributed by atoms with Gasteiger partial charge in [0.25, 0.3) is 0 Å². The molecule has 2 unspecified atom stereocenters. The van der Waals surface area contributed by atoms with Gasteiger partial charge in [0.2, 0.25) is 0 Å². The van der Waals surface area contributed by atoms with Crippen molar-refractivity contribution in [2.24, 2.45) is 0 Å². The van der Waals surface area contributed by atoms with Crippen molar-refractivity contribution in [1.29, 1.82) is 0 Å². The summed E-state index contributed by atoms with van der Waals surface area (Å²) < 4.78 is 0. The SMILES string of the molecule is CCC1=C(C)N(C(C)CC)C(CC)=C(C)N1C(C)CC. The number of nitrogens with zero attached hydrogens (tertiary/aromatic N) is 2. The van der Waals surface area contributed by atoms with Crippen LogP contribution in [0, 0.1) is 0 Å². The molecule has 0 saturated heterocycles. The van der Waals surface area contributed by atoms with Crippen molar-refractivity contribution in [1.82, 2.24) is 9.80 Å². The van der Waals surface area contributed by atoms with Crippen LogP contribution in [0.5, 0.6) is 0 Å². The van der Waals surface area contributed by atoms with Gasteiger partial charge in [0.05, 0.1) is 0 Å². The van der Waals surface area contributed by atoms with E-state index < -0.39 is 0 Å². The minimum Gasteiger partial charge on any atom is -0.343 e. The Hall–Kier alpha value is -0.920. The molecule has 2 heteroatoms. The lowest BCUT2D eigenvalue weighted by Gasteiger charge is -2.46. The van der Waals surface area contributed by atoms with E-state index in [1.807, 2.05) is 0 Å². The average molecular weight is 278 g/mol. The first-order chi connectivity index (χ1) is 9.44. The average Bonchev–Trinajstić information content (AvgIpc) is 2.46. The van der Waals surface area contributed by atoms with E-state index in [2.05, 4.69) is 65.2 Å². The maximum Gasteiger partial charge on any atom is 0.0370 e. The van der Waals surface area contributed by atoms with Crippen molar-refractivity contribution in [3.8, 4) is 0 Å². The molecule has 0 fully saturated rings. The second-order valence-electron chi connectivity index (χ2n) is 6.03. The van der Waals surface area contributed by atoms with Crippen LogP contribution in [0.25, 0.3) is 0 Å². The molecule has 0 bridgehead atoms. The summed E-state index contributed by atoms with van der Waals surface area (Å²) >= 11 is 0. The Morgan fingerprint density at radius 2 is 1.00 bits per heavy atom. The summed E-state index contributed by atoms with van der Waals surface area (Å²) in [4.78, 5) is 5.18. The zero-order chi connectivity index (χ0) is 15.4. The molecule has 0 spiro atoms. The number of allylic oxidation sites excluding steroid dienone is 4. The standard InChI is InChI=1S/C18H34N2/c1-9-13(5)19-15(7)18(12-4)20(14(6)10-2)16(8)17(19)11-3/h13-14H,9-12H2,1-8H3. The highest BCUT2D eigenvalue weighted by Gasteiger charge is 2.31. The normalized spacial score (nSPS) is 19.8. The van der Waals surface area contributed by atoms with Gasteiger partial charge in [-0.15, -0.1) is 0 Å². The molecule has 1 heterocycles. The van der Waals surface area contributed by atoms with Crippen LogP contribution in [0.1, 0.15) is 81.1 Å². The Morgan fingerprint density at radius 1 is 0.700 bits per heavy atom. The third kappa shape index (κ3) is 2.89. The Kier molecular flexibility index (Phi) is 6.16. The molecule has 2 atom stereocenters. The molecule has 0 aromatic rings. The van der Waals surface area contributed by atoms with E-state index in [0.29, 0.717) is 12.1 Å². The van der Waals surface area contributed by atoms with E-state index in [1.54, 1.807) is 0 Å². The summed E-state index contributed by atoms with van der Waals surface area (Å²) in [5.41, 5.74) is 5.94. The summed E-state index contributed by atoms with van der Waals surface area (Å²) in [7, 11) is 0. The largest absolute Gasteiger partial charge is 0.343 e. The van der Waals surface area contributed by atoms with E-state index in [1.165, 1.54) is 35.6 Å². The van der Waals surface area contributed by atoms with Crippen LogP contribution in [0.3, 0.4) is 0 Å². The second-order valence-corrected chi connectivity index (χ2v) is 6.03. The van der Waals surface area contributed by atoms with Crippen LogP contribution in [0.15, 0.2) is 22.8 Å². The second kappa shape index (κ2) is 7.19. The summed E-state index contributed by atoms with van der Waals surface area (Å²) in [6, 6.07) is 1.17. The van der Waals surface area contributed by atoms with E-state index >= 15 is 0 Å². The summed E-state index contributed by atoms with van der Waals surface area (Å²) in [5.74, 6) is 0. The minimum atomic E-state index is 0.584. The molecule has 20 heavy (non-hydrogen) atoms. The Morgan fingerprint density at radius 3 is 1.20 bits per heavy atom. The van der Waals surface area contributed by atoms with Gasteiger partial charge in [0.15, 0.2) is 0 Å². The van der Waals surface area contributed by atoms with Crippen LogP contribution < -0.4 is 0 Å². The first-order valence-corrected chi connectivity index (χ1v) is 8.42. The number of rotatable bonds is 6. The first kappa shape index (κ1) is 17.1. The molecule has 0 aromatic heterocycles. The molecule has 1 aliphatic rings. The zero-order valence-electron chi connectivity index (χ0n) is 14.9. The van der Waals surface area contributed by atoms with E-state index in [0.717, 1.165) is 12.8 Å². The van der Waals surface area contributed by atoms with Gasteiger partial charge in [-0.25, -0.2) is 0 Å². The van der Waals surface area contributed by atoms with Gasteiger partial charge in [-0.1, -0.05) is 27.7 Å². The molecule has 1 rings (SSSR count). The Labute approximate surface area is 126 Å². The maximum absolute atomic E-state index is 2.59. The molecule has 0 saturated carbocycles. The van der Waals surface area contributed by atoms with Crippen LogP contribution in [-0.4, -0.2) is 21.9 Å². The molecule has 0 radical (unpaired) electrons. The summed E-state index contributed by atoms with van der Waals surface area (Å²) in [6.45, 7) is 18.4. The lowest BCUT2D eigenvalue weighted by molar-refractivity contribution is 0.226. The van der Waals surface area contributed by atoms with Crippen LogP contribution in [0.2, 0.25) is 0 Å². The van der Waals surface area contributed by atoms with Gasteiger partial charge < -0.3 is 9.80 Å². The van der Waals surface area contributed by atoms with Crippen molar-refractivity contribution in [3.05, 3.63) is 22.8 Å². The van der Waals surface area contributed by atoms with Gasteiger partial charge in [0, 0.05) is 34.9 Å². The minimum absolute atomic E-state index is 0.584. The fourth-order valence-electron chi connectivity index (χ4n) is 3.44. The molecular formula is C18H34N2. The third-order valence-corrected chi connectivity index (χ3v) is 4.87. The molecule has 0 N–H and O–H groups in total. The molecule has 2 nitrogen and oxygen atoms in total. The van der Waals surface area contributed by atoms with Crippen LogP contribution in [0.4, 0.5) is 0 Å². The lowest BCUT2D eigenvalue weighted by atomic mass is 10.0. The van der Waals surface area contributed by atoms with Crippen molar-refractivity contribution >= 4 is 0 Å². The molecule has 0 amide bonds. The molecule has 0 aromatic carbocycles. The first-order valence-electron chi connectivity index (χ1n) is 8.42. The van der Waals surface area contributed by atoms with Crippen molar-refractivity contribution < 1.29 is 0 Å². The Bertz CT molecular complexity index is 354. The quantitative estimate of drug-likeness (QED) is 0.634. The summed E-state index contributed by atoms with van der Waals surface area (Å²) in [5, 5.41) is 0. The zero-order valence-corrected chi connectivity index (χ0v) is 14.9. The van der Waals surface area contributed by atoms with E-state index in [-0.39, 0.29) is 0 Å². The smallest absolute Gasteiger partial charge is 0.0370 e. The van der Waals surface area contributed by atoms with Gasteiger partial charge in [-0.2, -0.15) is 0 Å². The number of hydrogen-bond donors (Lipinski definition) is 0. The Balaban J connectivity index is 3.38. The fraction of sp³-hybridized carbons (Fsp3) is 0.778. The highest BCUT2D eigenvalue weighted by Crippen LogP contribution is 2.37. The van der Waals surface area contributed by atoms with Crippen molar-refractivity contribution in [2.75, 3.05) is 0 Å². The van der Waals surface area contributed by atoms with Crippen molar-refractivity contribution in [2.45, 2.75) is 93.2 Å². The maximum atomic E-state index is 2.59. The third-order valence-electron chi connectivity index (χ3n) is 4.87. The van der Waals surface area contributed by atoms with E-state index in [9.17, 15) is 0 Å². The van der Waals surface area contributed by atoms with Gasteiger partial charge >= 0.3 is 0 Å². The summed E-state index contributed by atoms with van der Waals surface area (Å²) in [6.07, 6.45) is 4.60. The predicted molar refractivity (Wildman–Crippen MR) is 89.2 cm³/mol. The highest BCUT2D eigenvalue weighted by atomic mass is 15.3. The molecule has 1 aliphatic heterocycles. The highest BCUT2D eigenvalue weighted by molar-refractivity contribution is 5.30. The van der Waals surface area contributed by atoms with Crippen LogP contribution >= 0.6 is 0 Å². The monoisotopic (exact) mass is 278 g/mol.